The molecule has 0 aliphatic heterocycles. The number of amides is 1. The highest BCUT2D eigenvalue weighted by Crippen LogP contribution is 2.28. The van der Waals surface area contributed by atoms with E-state index >= 15 is 0 Å². The lowest BCUT2D eigenvalue weighted by Crippen LogP contribution is -2.28. The summed E-state index contributed by atoms with van der Waals surface area (Å²) in [6.07, 6.45) is 1.06. The normalized spacial score (nSPS) is 10.8. The van der Waals surface area contributed by atoms with Crippen LogP contribution in [-0.2, 0) is 17.6 Å². The number of aromatic nitrogens is 1. The Labute approximate surface area is 178 Å². The van der Waals surface area contributed by atoms with Crippen molar-refractivity contribution in [3.05, 3.63) is 64.8 Å². The quantitative estimate of drug-likeness (QED) is 0.566. The Bertz CT molecular complexity index is 1030. The minimum Gasteiger partial charge on any atom is -0.490 e. The maximum atomic E-state index is 12.6. The van der Waals surface area contributed by atoms with E-state index in [4.69, 9.17) is 9.47 Å². The fraction of sp³-hybridized carbons (Fsp3) is 0.360. The summed E-state index contributed by atoms with van der Waals surface area (Å²) in [6.45, 7) is 9.68. The van der Waals surface area contributed by atoms with E-state index in [0.29, 0.717) is 26.2 Å². The van der Waals surface area contributed by atoms with Crippen LogP contribution in [0.3, 0.4) is 0 Å². The van der Waals surface area contributed by atoms with Crippen molar-refractivity contribution in [1.82, 2.24) is 10.3 Å². The zero-order valence-corrected chi connectivity index (χ0v) is 18.2. The summed E-state index contributed by atoms with van der Waals surface area (Å²) in [7, 11) is 0. The van der Waals surface area contributed by atoms with Gasteiger partial charge in [-0.05, 0) is 69.0 Å². The Morgan fingerprint density at radius 1 is 1.00 bits per heavy atom. The molecule has 3 aromatic rings. The second-order valence-electron chi connectivity index (χ2n) is 7.24. The smallest absolute Gasteiger partial charge is 0.224 e. The number of nitrogens with zero attached hydrogens (tertiary/aromatic N) is 1. The molecule has 0 saturated heterocycles. The van der Waals surface area contributed by atoms with Gasteiger partial charge in [0, 0.05) is 17.6 Å². The number of ether oxygens (including phenoxy) is 2. The minimum absolute atomic E-state index is 0.00856. The van der Waals surface area contributed by atoms with Crippen molar-refractivity contribution >= 4 is 16.8 Å². The van der Waals surface area contributed by atoms with E-state index in [9.17, 15) is 4.79 Å². The standard InChI is InChI=1S/C25H30N2O3/c1-5-29-23-12-11-19(15-24(23)30-6-2)13-14-26-25(28)16-21-17(3)20-9-7-8-10-22(20)27-18(21)4/h7-12,15H,5-6,13-14,16H2,1-4H3,(H,26,28). The van der Waals surface area contributed by atoms with E-state index in [-0.39, 0.29) is 5.91 Å². The molecule has 0 saturated carbocycles. The number of nitrogens with one attached hydrogen (secondary N) is 1. The molecule has 0 bridgehead atoms. The SMILES string of the molecule is CCOc1ccc(CCNC(=O)Cc2c(C)nc3ccccc3c2C)cc1OCC. The molecule has 0 spiro atoms. The molecule has 30 heavy (non-hydrogen) atoms. The van der Waals surface area contributed by atoms with Gasteiger partial charge in [-0.15, -0.1) is 0 Å². The van der Waals surface area contributed by atoms with E-state index in [1.807, 2.05) is 57.2 Å². The third-order valence-corrected chi connectivity index (χ3v) is 5.17. The number of rotatable bonds is 9. The van der Waals surface area contributed by atoms with Crippen LogP contribution in [0.15, 0.2) is 42.5 Å². The Hall–Kier alpha value is -3.08. The number of pyridine rings is 1. The van der Waals surface area contributed by atoms with Crippen LogP contribution in [0.5, 0.6) is 11.5 Å². The van der Waals surface area contributed by atoms with Crippen molar-refractivity contribution in [1.29, 1.82) is 0 Å². The monoisotopic (exact) mass is 406 g/mol. The van der Waals surface area contributed by atoms with Gasteiger partial charge in [-0.3, -0.25) is 9.78 Å². The van der Waals surface area contributed by atoms with Crippen molar-refractivity contribution in [2.75, 3.05) is 19.8 Å². The third-order valence-electron chi connectivity index (χ3n) is 5.17. The first-order valence-corrected chi connectivity index (χ1v) is 10.5. The molecule has 1 heterocycles. The highest BCUT2D eigenvalue weighted by atomic mass is 16.5. The molecule has 1 aromatic heterocycles. The molecule has 3 rings (SSSR count). The van der Waals surface area contributed by atoms with Crippen LogP contribution < -0.4 is 14.8 Å². The number of fused-ring (bicyclic) bond motifs is 1. The number of aryl methyl sites for hydroxylation is 2. The fourth-order valence-electron chi connectivity index (χ4n) is 3.65. The number of carbonyl (C=O) groups is 1. The molecule has 5 nitrogen and oxygen atoms in total. The second-order valence-corrected chi connectivity index (χ2v) is 7.24. The van der Waals surface area contributed by atoms with Gasteiger partial charge in [-0.1, -0.05) is 24.3 Å². The Morgan fingerprint density at radius 3 is 2.50 bits per heavy atom. The van der Waals surface area contributed by atoms with Gasteiger partial charge in [0.15, 0.2) is 11.5 Å². The highest BCUT2D eigenvalue weighted by molar-refractivity contribution is 5.86. The molecule has 0 unspecified atom stereocenters. The van der Waals surface area contributed by atoms with Gasteiger partial charge in [-0.2, -0.15) is 0 Å². The zero-order valence-electron chi connectivity index (χ0n) is 18.2. The van der Waals surface area contributed by atoms with E-state index in [2.05, 4.69) is 23.3 Å². The van der Waals surface area contributed by atoms with Crippen LogP contribution in [0.1, 0.15) is 36.2 Å². The predicted molar refractivity (Wildman–Crippen MR) is 120 cm³/mol. The molecular weight excluding hydrogens is 376 g/mol. The van der Waals surface area contributed by atoms with Crippen LogP contribution in [0.4, 0.5) is 0 Å². The summed E-state index contributed by atoms with van der Waals surface area (Å²) in [4.78, 5) is 17.2. The Morgan fingerprint density at radius 2 is 1.73 bits per heavy atom. The lowest BCUT2D eigenvalue weighted by molar-refractivity contribution is -0.120. The molecule has 158 valence electrons. The number of benzene rings is 2. The van der Waals surface area contributed by atoms with Gasteiger partial charge in [0.2, 0.25) is 5.91 Å². The zero-order chi connectivity index (χ0) is 21.5. The van der Waals surface area contributed by atoms with Gasteiger partial charge >= 0.3 is 0 Å². The van der Waals surface area contributed by atoms with Gasteiger partial charge in [0.25, 0.3) is 0 Å². The first-order valence-electron chi connectivity index (χ1n) is 10.5. The summed E-state index contributed by atoms with van der Waals surface area (Å²) in [5.41, 5.74) is 5.11. The molecule has 0 aliphatic carbocycles. The van der Waals surface area contributed by atoms with Gasteiger partial charge < -0.3 is 14.8 Å². The van der Waals surface area contributed by atoms with Crippen molar-refractivity contribution in [2.45, 2.75) is 40.5 Å². The van der Waals surface area contributed by atoms with Crippen molar-refractivity contribution < 1.29 is 14.3 Å². The van der Waals surface area contributed by atoms with E-state index in [1.165, 1.54) is 0 Å². The van der Waals surface area contributed by atoms with Crippen LogP contribution >= 0.6 is 0 Å². The first kappa shape index (κ1) is 21.6. The Kier molecular flexibility index (Phi) is 7.28. The minimum atomic E-state index is 0.00856. The van der Waals surface area contributed by atoms with E-state index in [0.717, 1.165) is 51.2 Å². The van der Waals surface area contributed by atoms with Crippen LogP contribution in [-0.4, -0.2) is 30.6 Å². The molecule has 0 radical (unpaired) electrons. The van der Waals surface area contributed by atoms with Crippen molar-refractivity contribution in [3.8, 4) is 11.5 Å². The molecular formula is C25H30N2O3. The Balaban J connectivity index is 1.62. The summed E-state index contributed by atoms with van der Waals surface area (Å²) in [6, 6.07) is 14.0. The predicted octanol–water partition coefficient (Wildman–Crippen LogP) is 4.55. The number of hydrogen-bond acceptors (Lipinski definition) is 4. The van der Waals surface area contributed by atoms with Gasteiger partial charge in [0.05, 0.1) is 25.2 Å². The van der Waals surface area contributed by atoms with Crippen molar-refractivity contribution in [2.24, 2.45) is 0 Å². The second kappa shape index (κ2) is 10.1. The van der Waals surface area contributed by atoms with E-state index in [1.54, 1.807) is 0 Å². The van der Waals surface area contributed by atoms with Gasteiger partial charge in [-0.25, -0.2) is 0 Å². The number of carbonyl (C=O) groups excluding carboxylic acids is 1. The molecule has 5 heteroatoms. The molecule has 0 fully saturated rings. The fourth-order valence-corrected chi connectivity index (χ4v) is 3.65. The maximum Gasteiger partial charge on any atom is 0.224 e. The van der Waals surface area contributed by atoms with Crippen LogP contribution in [0, 0.1) is 13.8 Å². The van der Waals surface area contributed by atoms with Gasteiger partial charge in [0.1, 0.15) is 0 Å². The third kappa shape index (κ3) is 5.09. The number of para-hydroxylation sites is 1. The molecule has 0 atom stereocenters. The lowest BCUT2D eigenvalue weighted by Gasteiger charge is -2.14. The molecule has 1 amide bonds. The summed E-state index contributed by atoms with van der Waals surface area (Å²) < 4.78 is 11.3. The maximum absolute atomic E-state index is 12.6. The number of hydrogen-bond donors (Lipinski definition) is 1. The van der Waals surface area contributed by atoms with E-state index < -0.39 is 0 Å². The summed E-state index contributed by atoms with van der Waals surface area (Å²) in [5, 5.41) is 4.14. The molecule has 2 aromatic carbocycles. The summed E-state index contributed by atoms with van der Waals surface area (Å²) >= 11 is 0. The topological polar surface area (TPSA) is 60.5 Å². The van der Waals surface area contributed by atoms with Crippen molar-refractivity contribution in [3.63, 3.8) is 0 Å². The lowest BCUT2D eigenvalue weighted by atomic mass is 9.99. The highest BCUT2D eigenvalue weighted by Gasteiger charge is 2.13. The largest absolute Gasteiger partial charge is 0.490 e. The summed E-state index contributed by atoms with van der Waals surface area (Å²) in [5.74, 6) is 1.51. The average Bonchev–Trinajstić information content (AvgIpc) is 2.73. The van der Waals surface area contributed by atoms with Crippen LogP contribution in [0.2, 0.25) is 0 Å². The first-order chi connectivity index (χ1) is 14.5. The molecule has 0 aliphatic rings. The van der Waals surface area contributed by atoms with Crippen LogP contribution in [0.25, 0.3) is 10.9 Å². The average molecular weight is 407 g/mol. The molecule has 1 N–H and O–H groups in total.